The fraction of sp³-hybridized carbons (Fsp3) is 0.348. The predicted molar refractivity (Wildman–Crippen MR) is 121 cm³/mol. The lowest BCUT2D eigenvalue weighted by molar-refractivity contribution is -0.131. The minimum absolute atomic E-state index is 0.0854. The third kappa shape index (κ3) is 4.39. The van der Waals surface area contributed by atoms with Crippen molar-refractivity contribution in [1.29, 1.82) is 0 Å². The Morgan fingerprint density at radius 2 is 1.74 bits per heavy atom. The summed E-state index contributed by atoms with van der Waals surface area (Å²) in [5, 5.41) is 9.54. The van der Waals surface area contributed by atoms with Gasteiger partial charge in [0, 0.05) is 23.3 Å². The highest BCUT2D eigenvalue weighted by Gasteiger charge is 2.23. The van der Waals surface area contributed by atoms with Gasteiger partial charge in [-0.15, -0.1) is 10.2 Å². The summed E-state index contributed by atoms with van der Waals surface area (Å²) in [4.78, 5) is 14.8. The van der Waals surface area contributed by atoms with E-state index >= 15 is 0 Å². The summed E-state index contributed by atoms with van der Waals surface area (Å²) in [7, 11) is 0. The maximum absolute atomic E-state index is 12.9. The quantitative estimate of drug-likeness (QED) is 0.509. The summed E-state index contributed by atoms with van der Waals surface area (Å²) < 4.78 is 12.9. The Bertz CT molecular complexity index is 1060. The molecule has 1 aromatic heterocycles. The lowest BCUT2D eigenvalue weighted by Crippen LogP contribution is -2.43. The highest BCUT2D eigenvalue weighted by molar-refractivity contribution is 7.99. The zero-order valence-electron chi connectivity index (χ0n) is 18.1. The van der Waals surface area contributed by atoms with Crippen LogP contribution in [0.25, 0.3) is 17.1 Å². The molecule has 0 radical (unpaired) electrons. The van der Waals surface area contributed by atoms with Crippen LogP contribution >= 0.6 is 11.8 Å². The first-order valence-corrected chi connectivity index (χ1v) is 11.3. The van der Waals surface area contributed by atoms with E-state index in [0.717, 1.165) is 17.0 Å². The molecule has 0 saturated heterocycles. The van der Waals surface area contributed by atoms with Gasteiger partial charge in [0.15, 0.2) is 22.5 Å². The number of rotatable bonds is 7. The smallest absolute Gasteiger partial charge is 0.233 e. The second-order valence-corrected chi connectivity index (χ2v) is 8.76. The van der Waals surface area contributed by atoms with Crippen LogP contribution in [-0.4, -0.2) is 50.2 Å². The Kier molecular flexibility index (Phi) is 6.18. The van der Waals surface area contributed by atoms with Crippen molar-refractivity contribution < 1.29 is 14.3 Å². The highest BCUT2D eigenvalue weighted by atomic mass is 32.2. The number of carbonyl (C=O) groups excluding carboxylic acids is 1. The van der Waals surface area contributed by atoms with Gasteiger partial charge in [0.05, 0.1) is 5.75 Å². The Balaban J connectivity index is 1.67. The summed E-state index contributed by atoms with van der Waals surface area (Å²) in [6, 6.07) is 15.9. The number of aromatic nitrogens is 3. The lowest BCUT2D eigenvalue weighted by Gasteiger charge is -2.30. The molecule has 1 aliphatic heterocycles. The molecular weight excluding hydrogens is 412 g/mol. The van der Waals surface area contributed by atoms with E-state index in [4.69, 9.17) is 9.47 Å². The Labute approximate surface area is 186 Å². The van der Waals surface area contributed by atoms with Crippen molar-refractivity contribution in [2.45, 2.75) is 44.9 Å². The molecule has 1 amide bonds. The van der Waals surface area contributed by atoms with E-state index in [-0.39, 0.29) is 24.8 Å². The van der Waals surface area contributed by atoms with Gasteiger partial charge in [-0.05, 0) is 58.0 Å². The summed E-state index contributed by atoms with van der Waals surface area (Å²) in [5.41, 5.74) is 1.80. The average molecular weight is 439 g/mol. The van der Waals surface area contributed by atoms with Gasteiger partial charge < -0.3 is 14.4 Å². The molecule has 7 nitrogen and oxygen atoms in total. The van der Waals surface area contributed by atoms with E-state index in [1.807, 2.05) is 85.7 Å². The predicted octanol–water partition coefficient (Wildman–Crippen LogP) is 4.40. The van der Waals surface area contributed by atoms with Gasteiger partial charge in [-0.3, -0.25) is 9.36 Å². The van der Waals surface area contributed by atoms with Crippen LogP contribution in [0.15, 0.2) is 53.7 Å². The van der Waals surface area contributed by atoms with E-state index < -0.39 is 0 Å². The number of ether oxygens (including phenoxy) is 2. The highest BCUT2D eigenvalue weighted by Crippen LogP contribution is 2.37. The van der Waals surface area contributed by atoms with Gasteiger partial charge in [-0.1, -0.05) is 30.0 Å². The summed E-state index contributed by atoms with van der Waals surface area (Å²) >= 11 is 1.40. The largest absolute Gasteiger partial charge is 0.454 e. The first kappa shape index (κ1) is 21.2. The molecule has 2 aromatic carbocycles. The molecule has 4 rings (SSSR count). The first-order chi connectivity index (χ1) is 15.0. The molecule has 3 aromatic rings. The minimum atomic E-state index is 0.0854. The van der Waals surface area contributed by atoms with Gasteiger partial charge >= 0.3 is 0 Å². The van der Waals surface area contributed by atoms with Crippen LogP contribution in [0, 0.1) is 0 Å². The Hall–Kier alpha value is -3.00. The van der Waals surface area contributed by atoms with Crippen molar-refractivity contribution >= 4 is 17.7 Å². The van der Waals surface area contributed by atoms with Crippen molar-refractivity contribution in [2.75, 3.05) is 12.5 Å². The van der Waals surface area contributed by atoms with E-state index in [0.29, 0.717) is 22.5 Å². The van der Waals surface area contributed by atoms with Gasteiger partial charge in [-0.25, -0.2) is 0 Å². The molecule has 1 aliphatic rings. The molecule has 0 fully saturated rings. The monoisotopic (exact) mass is 438 g/mol. The zero-order valence-corrected chi connectivity index (χ0v) is 18.9. The second-order valence-electron chi connectivity index (χ2n) is 7.82. The van der Waals surface area contributed by atoms with Crippen LogP contribution in [0.1, 0.15) is 27.7 Å². The summed E-state index contributed by atoms with van der Waals surface area (Å²) in [6.45, 7) is 8.36. The van der Waals surface area contributed by atoms with Gasteiger partial charge in [-0.2, -0.15) is 0 Å². The van der Waals surface area contributed by atoms with Crippen LogP contribution in [-0.2, 0) is 4.79 Å². The summed E-state index contributed by atoms with van der Waals surface area (Å²) in [6.07, 6.45) is 0. The number of thioether (sulfide) groups is 1. The molecule has 0 spiro atoms. The second kappa shape index (κ2) is 9.01. The average Bonchev–Trinajstić information content (AvgIpc) is 3.38. The van der Waals surface area contributed by atoms with Gasteiger partial charge in [0.1, 0.15) is 0 Å². The van der Waals surface area contributed by atoms with Crippen LogP contribution < -0.4 is 9.47 Å². The molecule has 2 heterocycles. The van der Waals surface area contributed by atoms with Crippen molar-refractivity contribution in [3.63, 3.8) is 0 Å². The molecule has 0 saturated carbocycles. The van der Waals surface area contributed by atoms with Crippen LogP contribution in [0.3, 0.4) is 0 Å². The van der Waals surface area contributed by atoms with Crippen LogP contribution in [0.5, 0.6) is 11.5 Å². The number of nitrogens with zero attached hydrogens (tertiary/aromatic N) is 4. The van der Waals surface area contributed by atoms with E-state index in [1.165, 1.54) is 11.8 Å². The fourth-order valence-corrected chi connectivity index (χ4v) is 4.59. The molecule has 162 valence electrons. The van der Waals surface area contributed by atoms with Crippen molar-refractivity contribution in [1.82, 2.24) is 19.7 Å². The van der Waals surface area contributed by atoms with Crippen LogP contribution in [0.2, 0.25) is 0 Å². The van der Waals surface area contributed by atoms with E-state index in [1.54, 1.807) is 0 Å². The molecule has 31 heavy (non-hydrogen) atoms. The topological polar surface area (TPSA) is 69.5 Å². The molecule has 0 N–H and O–H groups in total. The molecule has 8 heteroatoms. The van der Waals surface area contributed by atoms with Crippen molar-refractivity contribution in [3.05, 3.63) is 48.5 Å². The maximum atomic E-state index is 12.9. The maximum Gasteiger partial charge on any atom is 0.233 e. The Morgan fingerprint density at radius 1 is 1.03 bits per heavy atom. The SMILES string of the molecule is CC(C)N(C(=O)CSc1nnc(-c2ccc3c(c2)OCO3)n1-c1ccccc1)C(C)C. The van der Waals surface area contributed by atoms with Gasteiger partial charge in [0.25, 0.3) is 0 Å². The first-order valence-electron chi connectivity index (χ1n) is 10.3. The fourth-order valence-electron chi connectivity index (χ4n) is 3.77. The minimum Gasteiger partial charge on any atom is -0.454 e. The zero-order chi connectivity index (χ0) is 22.0. The molecule has 0 aliphatic carbocycles. The third-order valence-corrected chi connectivity index (χ3v) is 5.92. The van der Waals surface area contributed by atoms with Crippen molar-refractivity contribution in [3.8, 4) is 28.6 Å². The van der Waals surface area contributed by atoms with Gasteiger partial charge in [0.2, 0.25) is 12.7 Å². The third-order valence-electron chi connectivity index (χ3n) is 5.00. The number of para-hydroxylation sites is 1. The van der Waals surface area contributed by atoms with Crippen molar-refractivity contribution in [2.24, 2.45) is 0 Å². The number of amides is 1. The summed E-state index contributed by atoms with van der Waals surface area (Å²) in [5.74, 6) is 2.47. The number of hydrogen-bond donors (Lipinski definition) is 0. The molecule has 0 bridgehead atoms. The number of benzene rings is 2. The number of hydrogen-bond acceptors (Lipinski definition) is 6. The van der Waals surface area contributed by atoms with Crippen LogP contribution in [0.4, 0.5) is 0 Å². The molecule has 0 unspecified atom stereocenters. The number of fused-ring (bicyclic) bond motifs is 1. The van der Waals surface area contributed by atoms with E-state index in [9.17, 15) is 4.79 Å². The lowest BCUT2D eigenvalue weighted by atomic mass is 10.2. The molecular formula is C23H26N4O3S. The normalized spacial score (nSPS) is 12.6. The van der Waals surface area contributed by atoms with E-state index in [2.05, 4.69) is 10.2 Å². The Morgan fingerprint density at radius 3 is 2.45 bits per heavy atom. The standard InChI is InChI=1S/C23H26N4O3S/c1-15(2)26(16(3)4)21(28)13-31-23-25-24-22(27(23)18-8-6-5-7-9-18)17-10-11-19-20(12-17)30-14-29-19/h5-12,15-16H,13-14H2,1-4H3. The number of carbonyl (C=O) groups is 1. The molecule has 0 atom stereocenters.